The molecule has 0 aliphatic heterocycles. The molecule has 98 valence electrons. The van der Waals surface area contributed by atoms with Crippen LogP contribution in [0.3, 0.4) is 0 Å². The number of benzene rings is 1. The van der Waals surface area contributed by atoms with Gasteiger partial charge in [-0.1, -0.05) is 6.07 Å². The Morgan fingerprint density at radius 1 is 1.37 bits per heavy atom. The normalized spacial score (nSPS) is 13.0. The summed E-state index contributed by atoms with van der Waals surface area (Å²) in [5, 5.41) is 1.09. The molecule has 5 heteroatoms. The molecule has 0 aliphatic rings. The molecular weight excluding hydrogens is 274 g/mol. The van der Waals surface area contributed by atoms with Gasteiger partial charge >= 0.3 is 0 Å². The molecule has 0 saturated carbocycles. The number of aryl methyl sites for hydroxylation is 2. The van der Waals surface area contributed by atoms with Crippen molar-refractivity contribution in [1.82, 2.24) is 14.5 Å². The number of aromatic nitrogens is 3. The van der Waals surface area contributed by atoms with E-state index in [2.05, 4.69) is 53.5 Å². The van der Waals surface area contributed by atoms with Crippen molar-refractivity contribution in [2.24, 2.45) is 0 Å². The van der Waals surface area contributed by atoms with Crippen molar-refractivity contribution in [3.8, 4) is 0 Å². The van der Waals surface area contributed by atoms with Crippen molar-refractivity contribution in [3.05, 3.63) is 44.6 Å². The first-order valence-electron chi connectivity index (χ1n) is 6.19. The maximum Gasteiger partial charge on any atom is 0.178 e. The van der Waals surface area contributed by atoms with Crippen molar-refractivity contribution in [2.45, 2.75) is 26.8 Å². The number of hydrogen-bond acceptors (Lipinski definition) is 3. The van der Waals surface area contributed by atoms with Crippen LogP contribution in [-0.2, 0) is 0 Å². The van der Waals surface area contributed by atoms with Gasteiger partial charge in [-0.2, -0.15) is 0 Å². The Bertz CT molecular complexity index is 794. The SMILES string of the molecule is Cc1ccc2c(c1)[nH]c(=S)n2C(C)c1ncc(C)s1. The molecule has 0 aliphatic carbocycles. The van der Waals surface area contributed by atoms with Gasteiger partial charge in [-0.25, -0.2) is 4.98 Å². The number of hydrogen-bond donors (Lipinski definition) is 1. The second-order valence-corrected chi connectivity index (χ2v) is 6.46. The first kappa shape index (κ1) is 12.6. The van der Waals surface area contributed by atoms with E-state index >= 15 is 0 Å². The van der Waals surface area contributed by atoms with Crippen LogP contribution in [-0.4, -0.2) is 14.5 Å². The molecule has 19 heavy (non-hydrogen) atoms. The Morgan fingerprint density at radius 2 is 2.16 bits per heavy atom. The Hall–Kier alpha value is -1.46. The molecule has 0 spiro atoms. The number of fused-ring (bicyclic) bond motifs is 1. The fourth-order valence-corrected chi connectivity index (χ4v) is 3.49. The number of rotatable bonds is 2. The minimum atomic E-state index is 0.155. The summed E-state index contributed by atoms with van der Waals surface area (Å²) in [5.74, 6) is 0. The lowest BCUT2D eigenvalue weighted by atomic mass is 10.2. The van der Waals surface area contributed by atoms with Crippen LogP contribution in [0.5, 0.6) is 0 Å². The third kappa shape index (κ3) is 2.13. The Kier molecular flexibility index (Phi) is 3.03. The number of aromatic amines is 1. The average Bonchev–Trinajstić information content (AvgIpc) is 2.91. The van der Waals surface area contributed by atoms with E-state index in [0.29, 0.717) is 0 Å². The lowest BCUT2D eigenvalue weighted by Gasteiger charge is -2.11. The molecular formula is C14H15N3S2. The molecule has 0 amide bonds. The van der Waals surface area contributed by atoms with E-state index in [1.54, 1.807) is 11.3 Å². The monoisotopic (exact) mass is 289 g/mol. The first-order chi connectivity index (χ1) is 9.06. The van der Waals surface area contributed by atoms with Crippen LogP contribution in [0.1, 0.15) is 28.4 Å². The highest BCUT2D eigenvalue weighted by atomic mass is 32.1. The van der Waals surface area contributed by atoms with Crippen LogP contribution in [0.15, 0.2) is 24.4 Å². The fraction of sp³-hybridized carbons (Fsp3) is 0.286. The summed E-state index contributed by atoms with van der Waals surface area (Å²) in [6.45, 7) is 6.30. The van der Waals surface area contributed by atoms with Crippen LogP contribution in [0, 0.1) is 18.6 Å². The molecule has 0 radical (unpaired) electrons. The largest absolute Gasteiger partial charge is 0.331 e. The summed E-state index contributed by atoms with van der Waals surface area (Å²) in [6, 6.07) is 6.51. The van der Waals surface area contributed by atoms with Crippen LogP contribution < -0.4 is 0 Å². The lowest BCUT2D eigenvalue weighted by Crippen LogP contribution is -2.06. The number of imidazole rings is 1. The molecule has 0 bridgehead atoms. The smallest absolute Gasteiger partial charge is 0.178 e. The predicted octanol–water partition coefficient (Wildman–Crippen LogP) is 4.38. The molecule has 1 aromatic carbocycles. The number of nitrogens with one attached hydrogen (secondary N) is 1. The van der Waals surface area contributed by atoms with Crippen molar-refractivity contribution < 1.29 is 0 Å². The van der Waals surface area contributed by atoms with Crippen LogP contribution in [0.4, 0.5) is 0 Å². The van der Waals surface area contributed by atoms with Crippen LogP contribution in [0.2, 0.25) is 0 Å². The summed E-state index contributed by atoms with van der Waals surface area (Å²) in [6.07, 6.45) is 1.92. The summed E-state index contributed by atoms with van der Waals surface area (Å²) >= 11 is 7.19. The van der Waals surface area contributed by atoms with Gasteiger partial charge < -0.3 is 9.55 Å². The molecule has 3 nitrogen and oxygen atoms in total. The van der Waals surface area contributed by atoms with Crippen molar-refractivity contribution >= 4 is 34.6 Å². The van der Waals surface area contributed by atoms with Crippen molar-refractivity contribution in [1.29, 1.82) is 0 Å². The third-order valence-corrected chi connectivity index (χ3v) is 4.64. The zero-order valence-electron chi connectivity index (χ0n) is 11.1. The zero-order valence-corrected chi connectivity index (χ0v) is 12.7. The molecule has 3 rings (SSSR count). The van der Waals surface area contributed by atoms with E-state index in [9.17, 15) is 0 Å². The average molecular weight is 289 g/mol. The summed E-state index contributed by atoms with van der Waals surface area (Å²) in [7, 11) is 0. The van der Waals surface area contributed by atoms with E-state index in [1.807, 2.05) is 6.20 Å². The standard InChI is InChI=1S/C14H15N3S2/c1-8-4-5-12-11(6-8)16-14(18)17(12)10(3)13-15-7-9(2)19-13/h4-7,10H,1-3H3,(H,16,18). The Labute approximate surface area is 120 Å². The van der Waals surface area contributed by atoms with E-state index in [0.717, 1.165) is 20.8 Å². The number of nitrogens with zero attached hydrogens (tertiary/aromatic N) is 2. The number of thiazole rings is 1. The highest BCUT2D eigenvalue weighted by molar-refractivity contribution is 7.71. The predicted molar refractivity (Wildman–Crippen MR) is 82.5 cm³/mol. The Morgan fingerprint density at radius 3 is 2.84 bits per heavy atom. The van der Waals surface area contributed by atoms with Crippen molar-refractivity contribution in [3.63, 3.8) is 0 Å². The second kappa shape index (κ2) is 4.58. The maximum absolute atomic E-state index is 5.46. The molecule has 2 aromatic heterocycles. The van der Waals surface area contributed by atoms with Gasteiger partial charge in [0.1, 0.15) is 5.01 Å². The summed E-state index contributed by atoms with van der Waals surface area (Å²) in [5.41, 5.74) is 3.45. The summed E-state index contributed by atoms with van der Waals surface area (Å²) in [4.78, 5) is 8.98. The quantitative estimate of drug-likeness (QED) is 0.710. The van der Waals surface area contributed by atoms with Crippen molar-refractivity contribution in [2.75, 3.05) is 0 Å². The van der Waals surface area contributed by atoms with Gasteiger partial charge in [0.25, 0.3) is 0 Å². The third-order valence-electron chi connectivity index (χ3n) is 3.26. The molecule has 0 fully saturated rings. The van der Waals surface area contributed by atoms with Gasteiger partial charge in [0, 0.05) is 11.1 Å². The highest BCUT2D eigenvalue weighted by Gasteiger charge is 2.15. The zero-order chi connectivity index (χ0) is 13.6. The van der Waals surface area contributed by atoms with Crippen LogP contribution >= 0.6 is 23.6 Å². The van der Waals surface area contributed by atoms with E-state index in [1.165, 1.54) is 10.4 Å². The van der Waals surface area contributed by atoms with Gasteiger partial charge in [0.2, 0.25) is 0 Å². The molecule has 0 saturated heterocycles. The van der Waals surface area contributed by atoms with Gasteiger partial charge in [0.15, 0.2) is 4.77 Å². The second-order valence-electron chi connectivity index (χ2n) is 4.81. The molecule has 1 unspecified atom stereocenters. The van der Waals surface area contributed by atoms with Gasteiger partial charge in [-0.15, -0.1) is 11.3 Å². The topological polar surface area (TPSA) is 33.6 Å². The van der Waals surface area contributed by atoms with E-state index in [4.69, 9.17) is 12.2 Å². The fourth-order valence-electron chi connectivity index (χ4n) is 2.31. The highest BCUT2D eigenvalue weighted by Crippen LogP contribution is 2.27. The molecule has 3 aromatic rings. The minimum Gasteiger partial charge on any atom is -0.331 e. The summed E-state index contributed by atoms with van der Waals surface area (Å²) < 4.78 is 2.89. The van der Waals surface area contributed by atoms with Gasteiger partial charge in [0.05, 0.1) is 17.1 Å². The van der Waals surface area contributed by atoms with E-state index in [-0.39, 0.29) is 6.04 Å². The van der Waals surface area contributed by atoms with Crippen LogP contribution in [0.25, 0.3) is 11.0 Å². The van der Waals surface area contributed by atoms with E-state index < -0.39 is 0 Å². The molecule has 1 atom stereocenters. The van der Waals surface area contributed by atoms with Gasteiger partial charge in [-0.3, -0.25) is 0 Å². The maximum atomic E-state index is 5.46. The number of H-pyrrole nitrogens is 1. The Balaban J connectivity index is 2.19. The first-order valence-corrected chi connectivity index (χ1v) is 7.42. The minimum absolute atomic E-state index is 0.155. The van der Waals surface area contributed by atoms with Gasteiger partial charge in [-0.05, 0) is 50.7 Å². The molecule has 1 N–H and O–H groups in total. The lowest BCUT2D eigenvalue weighted by molar-refractivity contribution is 0.644. The molecule has 2 heterocycles.